The Bertz CT molecular complexity index is 1480. The summed E-state index contributed by atoms with van der Waals surface area (Å²) >= 11 is 0. The van der Waals surface area contributed by atoms with Gasteiger partial charge in [0.05, 0.1) is 0 Å². The summed E-state index contributed by atoms with van der Waals surface area (Å²) < 4.78 is 6.35. The smallest absolute Gasteiger partial charge is 0.227 e. The molecule has 0 saturated heterocycles. The third-order valence-corrected chi connectivity index (χ3v) is 5.45. The van der Waals surface area contributed by atoms with Crippen molar-refractivity contribution >= 4 is 32.6 Å². The molecule has 0 bridgehead atoms. The largest absolute Gasteiger partial charge is 0.435 e. The number of oxazole rings is 1. The van der Waals surface area contributed by atoms with Crippen LogP contribution >= 0.6 is 0 Å². The van der Waals surface area contributed by atoms with Gasteiger partial charge in [-0.15, -0.1) is 0 Å². The lowest BCUT2D eigenvalue weighted by Gasteiger charge is -2.07. The van der Waals surface area contributed by atoms with Gasteiger partial charge in [0.1, 0.15) is 5.52 Å². The molecule has 0 radical (unpaired) electrons. The first-order chi connectivity index (χ1) is 14.4. The fourth-order valence-corrected chi connectivity index (χ4v) is 4.03. The Morgan fingerprint density at radius 3 is 1.90 bits per heavy atom. The highest BCUT2D eigenvalue weighted by atomic mass is 16.3. The van der Waals surface area contributed by atoms with Gasteiger partial charge in [0, 0.05) is 16.5 Å². The summed E-state index contributed by atoms with van der Waals surface area (Å²) in [5, 5.41) is 4.72. The predicted molar refractivity (Wildman–Crippen MR) is 120 cm³/mol. The predicted octanol–water partition coefficient (Wildman–Crippen LogP) is 7.47. The maximum atomic E-state index is 6.35. The molecule has 2 heteroatoms. The molecule has 6 rings (SSSR count). The van der Waals surface area contributed by atoms with Crippen LogP contribution in [0.25, 0.3) is 55.2 Å². The highest BCUT2D eigenvalue weighted by Gasteiger charge is 2.17. The lowest BCUT2D eigenvalue weighted by Crippen LogP contribution is -1.84. The summed E-state index contributed by atoms with van der Waals surface area (Å²) in [6.45, 7) is 0. The van der Waals surface area contributed by atoms with Gasteiger partial charge in [0.15, 0.2) is 5.58 Å². The summed E-state index contributed by atoms with van der Waals surface area (Å²) in [7, 11) is 0. The van der Waals surface area contributed by atoms with E-state index in [1.165, 1.54) is 16.2 Å². The zero-order chi connectivity index (χ0) is 19.2. The molecule has 1 heterocycles. The van der Waals surface area contributed by atoms with E-state index in [2.05, 4.69) is 66.7 Å². The molecule has 0 saturated carbocycles. The van der Waals surface area contributed by atoms with Gasteiger partial charge in [-0.05, 0) is 52.1 Å². The minimum absolute atomic E-state index is 0.651. The topological polar surface area (TPSA) is 26.0 Å². The second kappa shape index (κ2) is 6.32. The van der Waals surface area contributed by atoms with Gasteiger partial charge in [0.2, 0.25) is 5.89 Å². The molecule has 0 N–H and O–H groups in total. The molecule has 0 atom stereocenters. The van der Waals surface area contributed by atoms with Gasteiger partial charge in [-0.1, -0.05) is 72.8 Å². The minimum atomic E-state index is 0.651. The summed E-state index contributed by atoms with van der Waals surface area (Å²) in [6.07, 6.45) is 0. The molecule has 0 unspecified atom stereocenters. The first kappa shape index (κ1) is 16.1. The lowest BCUT2D eigenvalue weighted by atomic mass is 9.97. The van der Waals surface area contributed by atoms with Gasteiger partial charge in [-0.25, -0.2) is 4.98 Å². The number of fused-ring (bicyclic) bond motifs is 4. The fraction of sp³-hybridized carbons (Fsp3) is 0. The van der Waals surface area contributed by atoms with E-state index >= 15 is 0 Å². The Morgan fingerprint density at radius 2 is 1.17 bits per heavy atom. The quantitative estimate of drug-likeness (QED) is 0.295. The van der Waals surface area contributed by atoms with Crippen LogP contribution in [-0.2, 0) is 0 Å². The number of benzene rings is 5. The standard InChI is InChI=1S/C27H17NO/c1-3-9-18(10-4-1)24-17-22-15-20-13-7-8-14-21(20)16-23(22)25-26(24)29-27(28-25)19-11-5-2-6-12-19/h1-17H. The van der Waals surface area contributed by atoms with Crippen LogP contribution in [0.4, 0.5) is 0 Å². The van der Waals surface area contributed by atoms with Crippen molar-refractivity contribution in [2.75, 3.05) is 0 Å². The maximum absolute atomic E-state index is 6.35. The van der Waals surface area contributed by atoms with E-state index in [0.717, 1.165) is 33.2 Å². The molecule has 29 heavy (non-hydrogen) atoms. The van der Waals surface area contributed by atoms with Crippen molar-refractivity contribution < 1.29 is 4.42 Å². The van der Waals surface area contributed by atoms with Crippen molar-refractivity contribution in [3.05, 3.63) is 103 Å². The van der Waals surface area contributed by atoms with Crippen LogP contribution in [0.3, 0.4) is 0 Å². The van der Waals surface area contributed by atoms with Crippen molar-refractivity contribution in [2.45, 2.75) is 0 Å². The van der Waals surface area contributed by atoms with Crippen LogP contribution in [0.5, 0.6) is 0 Å². The molecule has 0 aliphatic heterocycles. The highest BCUT2D eigenvalue weighted by Crippen LogP contribution is 2.38. The van der Waals surface area contributed by atoms with Crippen molar-refractivity contribution in [3.8, 4) is 22.6 Å². The van der Waals surface area contributed by atoms with Crippen LogP contribution < -0.4 is 0 Å². The first-order valence-corrected chi connectivity index (χ1v) is 9.74. The Morgan fingerprint density at radius 1 is 0.552 bits per heavy atom. The molecule has 2 nitrogen and oxygen atoms in total. The van der Waals surface area contributed by atoms with Crippen LogP contribution in [0.2, 0.25) is 0 Å². The summed E-state index contributed by atoms with van der Waals surface area (Å²) in [4.78, 5) is 4.94. The SMILES string of the molecule is c1ccc(-c2nc3c(o2)c(-c2ccccc2)cc2cc4ccccc4cc23)cc1. The van der Waals surface area contributed by atoms with Gasteiger partial charge in [-0.3, -0.25) is 0 Å². The Labute approximate surface area is 168 Å². The third-order valence-electron chi connectivity index (χ3n) is 5.45. The Balaban J connectivity index is 1.75. The third kappa shape index (κ3) is 2.61. The normalized spacial score (nSPS) is 11.4. The average Bonchev–Trinajstić information content (AvgIpc) is 3.24. The molecule has 1 aromatic heterocycles. The molecule has 0 aliphatic rings. The van der Waals surface area contributed by atoms with Gasteiger partial charge in [-0.2, -0.15) is 0 Å². The fourth-order valence-electron chi connectivity index (χ4n) is 4.03. The zero-order valence-corrected chi connectivity index (χ0v) is 15.7. The number of hydrogen-bond donors (Lipinski definition) is 0. The molecule has 0 aliphatic carbocycles. The number of hydrogen-bond acceptors (Lipinski definition) is 2. The van der Waals surface area contributed by atoms with E-state index < -0.39 is 0 Å². The van der Waals surface area contributed by atoms with Crippen molar-refractivity contribution in [1.29, 1.82) is 0 Å². The van der Waals surface area contributed by atoms with Crippen LogP contribution in [-0.4, -0.2) is 4.98 Å². The first-order valence-electron chi connectivity index (χ1n) is 9.74. The van der Waals surface area contributed by atoms with Gasteiger partial charge in [0.25, 0.3) is 0 Å². The van der Waals surface area contributed by atoms with E-state index in [0.29, 0.717) is 5.89 Å². The minimum Gasteiger partial charge on any atom is -0.435 e. The molecular formula is C27H17NO. The van der Waals surface area contributed by atoms with E-state index in [-0.39, 0.29) is 0 Å². The van der Waals surface area contributed by atoms with Crippen molar-refractivity contribution in [2.24, 2.45) is 0 Å². The Hall–Kier alpha value is -3.91. The van der Waals surface area contributed by atoms with Crippen molar-refractivity contribution in [3.63, 3.8) is 0 Å². The van der Waals surface area contributed by atoms with E-state index in [4.69, 9.17) is 9.40 Å². The monoisotopic (exact) mass is 371 g/mol. The molecule has 136 valence electrons. The molecule has 5 aromatic carbocycles. The molecule has 0 amide bonds. The maximum Gasteiger partial charge on any atom is 0.227 e. The van der Waals surface area contributed by atoms with Crippen LogP contribution in [0, 0.1) is 0 Å². The number of rotatable bonds is 2. The number of aromatic nitrogens is 1. The average molecular weight is 371 g/mol. The number of nitrogens with zero attached hydrogens (tertiary/aromatic N) is 1. The highest BCUT2D eigenvalue weighted by molar-refractivity contribution is 6.14. The lowest BCUT2D eigenvalue weighted by molar-refractivity contribution is 0.621. The second-order valence-electron chi connectivity index (χ2n) is 7.27. The van der Waals surface area contributed by atoms with Crippen LogP contribution in [0.15, 0.2) is 108 Å². The molecule has 6 aromatic rings. The van der Waals surface area contributed by atoms with Gasteiger partial charge < -0.3 is 4.42 Å². The Kier molecular flexibility index (Phi) is 3.50. The van der Waals surface area contributed by atoms with E-state index in [1.807, 2.05) is 36.4 Å². The summed E-state index contributed by atoms with van der Waals surface area (Å²) in [5.41, 5.74) is 4.92. The van der Waals surface area contributed by atoms with Crippen molar-refractivity contribution in [1.82, 2.24) is 4.98 Å². The molecule has 0 fully saturated rings. The van der Waals surface area contributed by atoms with E-state index in [1.54, 1.807) is 0 Å². The summed E-state index contributed by atoms with van der Waals surface area (Å²) in [5.74, 6) is 0.651. The van der Waals surface area contributed by atoms with E-state index in [9.17, 15) is 0 Å². The molecule has 0 spiro atoms. The zero-order valence-electron chi connectivity index (χ0n) is 15.7. The summed E-state index contributed by atoms with van der Waals surface area (Å²) in [6, 6.07) is 35.6. The second-order valence-corrected chi connectivity index (χ2v) is 7.27. The van der Waals surface area contributed by atoms with Crippen LogP contribution in [0.1, 0.15) is 0 Å². The molecular weight excluding hydrogens is 354 g/mol. The van der Waals surface area contributed by atoms with Gasteiger partial charge >= 0.3 is 0 Å².